The Morgan fingerprint density at radius 3 is 2.33 bits per heavy atom. The zero-order valence-corrected chi connectivity index (χ0v) is 17.8. The number of nitrogens with one attached hydrogen (secondary N) is 1. The first-order chi connectivity index (χ1) is 14.7. The molecule has 0 aliphatic carbocycles. The Morgan fingerprint density at radius 1 is 0.900 bits per heavy atom. The van der Waals surface area contributed by atoms with Gasteiger partial charge in [-0.15, -0.1) is 0 Å². The maximum Gasteiger partial charge on any atom is 0.0630 e. The Bertz CT molecular complexity index is 1140. The molecule has 1 saturated heterocycles. The number of fused-ring (bicyclic) bond motifs is 1. The van der Waals surface area contributed by atoms with Crippen molar-refractivity contribution in [2.75, 3.05) is 26.3 Å². The van der Waals surface area contributed by atoms with E-state index in [-0.39, 0.29) is 6.04 Å². The van der Waals surface area contributed by atoms with E-state index in [1.54, 1.807) is 0 Å². The fourth-order valence-corrected chi connectivity index (χ4v) is 4.56. The molecule has 2 heterocycles. The number of aromatic amines is 1. The van der Waals surface area contributed by atoms with Gasteiger partial charge in [0.15, 0.2) is 0 Å². The molecule has 0 radical (unpaired) electrons. The van der Waals surface area contributed by atoms with Gasteiger partial charge in [0, 0.05) is 34.6 Å². The topological polar surface area (TPSA) is 28.3 Å². The second kappa shape index (κ2) is 8.27. The number of para-hydroxylation sites is 1. The number of aromatic nitrogens is 1. The van der Waals surface area contributed by atoms with Crippen LogP contribution in [0, 0.1) is 6.92 Å². The first kappa shape index (κ1) is 19.4. The fourth-order valence-electron chi connectivity index (χ4n) is 4.44. The number of morpholine rings is 1. The summed E-state index contributed by atoms with van der Waals surface area (Å²) < 4.78 is 5.67. The number of rotatable bonds is 4. The van der Waals surface area contributed by atoms with Crippen LogP contribution in [0.3, 0.4) is 0 Å². The van der Waals surface area contributed by atoms with Gasteiger partial charge in [0.1, 0.15) is 0 Å². The van der Waals surface area contributed by atoms with Crippen molar-refractivity contribution in [1.82, 2.24) is 9.88 Å². The molecule has 4 aromatic rings. The molecule has 0 bridgehead atoms. The van der Waals surface area contributed by atoms with E-state index in [9.17, 15) is 0 Å². The average Bonchev–Trinajstić information content (AvgIpc) is 3.16. The molecule has 0 amide bonds. The maximum absolute atomic E-state index is 6.18. The molecule has 1 fully saturated rings. The molecule has 1 atom stereocenters. The van der Waals surface area contributed by atoms with Gasteiger partial charge in [0.2, 0.25) is 0 Å². The lowest BCUT2D eigenvalue weighted by Crippen LogP contribution is -2.39. The van der Waals surface area contributed by atoms with Gasteiger partial charge >= 0.3 is 0 Å². The highest BCUT2D eigenvalue weighted by molar-refractivity contribution is 6.30. The highest BCUT2D eigenvalue weighted by Crippen LogP contribution is 2.41. The summed E-state index contributed by atoms with van der Waals surface area (Å²) in [5, 5.41) is 2.01. The SMILES string of the molecule is Cc1ccc(C(c2c(-c3ccc(Cl)cc3)[nH]c3ccccc23)N2CCOCC2)cc1. The molecule has 1 N–H and O–H groups in total. The number of hydrogen-bond donors (Lipinski definition) is 1. The van der Waals surface area contributed by atoms with Gasteiger partial charge in [-0.1, -0.05) is 71.8 Å². The molecule has 4 heteroatoms. The number of H-pyrrole nitrogens is 1. The van der Waals surface area contributed by atoms with E-state index in [0.29, 0.717) is 0 Å². The molecular weight excluding hydrogens is 392 g/mol. The molecule has 1 aromatic heterocycles. The maximum atomic E-state index is 6.18. The lowest BCUT2D eigenvalue weighted by atomic mass is 9.91. The standard InChI is InChI=1S/C26H25ClN2O/c1-18-6-8-20(9-7-18)26(29-14-16-30-17-15-29)24-22-4-2-3-5-23(22)28-25(24)19-10-12-21(27)13-11-19/h2-13,26,28H,14-17H2,1H3. The van der Waals surface area contributed by atoms with Crippen LogP contribution >= 0.6 is 11.6 Å². The highest BCUT2D eigenvalue weighted by Gasteiger charge is 2.29. The Labute approximate surface area is 182 Å². The van der Waals surface area contributed by atoms with Gasteiger partial charge < -0.3 is 9.72 Å². The largest absolute Gasteiger partial charge is 0.379 e. The van der Waals surface area contributed by atoms with Crippen LogP contribution in [0.1, 0.15) is 22.7 Å². The summed E-state index contributed by atoms with van der Waals surface area (Å²) in [7, 11) is 0. The summed E-state index contributed by atoms with van der Waals surface area (Å²) in [6.07, 6.45) is 0. The van der Waals surface area contributed by atoms with Crippen molar-refractivity contribution in [2.45, 2.75) is 13.0 Å². The lowest BCUT2D eigenvalue weighted by molar-refractivity contribution is 0.0243. The summed E-state index contributed by atoms with van der Waals surface area (Å²) in [6, 6.07) is 25.8. The third-order valence-electron chi connectivity index (χ3n) is 5.96. The molecule has 152 valence electrons. The van der Waals surface area contributed by atoms with Crippen LogP contribution in [-0.2, 0) is 4.74 Å². The third kappa shape index (κ3) is 3.65. The minimum Gasteiger partial charge on any atom is -0.379 e. The number of ether oxygens (including phenoxy) is 1. The van der Waals surface area contributed by atoms with Gasteiger partial charge in [-0.2, -0.15) is 0 Å². The van der Waals surface area contributed by atoms with Crippen molar-refractivity contribution in [3.63, 3.8) is 0 Å². The summed E-state index contributed by atoms with van der Waals surface area (Å²) >= 11 is 6.18. The van der Waals surface area contributed by atoms with Crippen LogP contribution in [0.5, 0.6) is 0 Å². The summed E-state index contributed by atoms with van der Waals surface area (Å²) in [5.41, 5.74) is 7.36. The normalized spacial score (nSPS) is 16.1. The van der Waals surface area contributed by atoms with Crippen LogP contribution < -0.4 is 0 Å². The summed E-state index contributed by atoms with van der Waals surface area (Å²) in [6.45, 7) is 5.50. The molecule has 3 aromatic carbocycles. The quantitative estimate of drug-likeness (QED) is 0.427. The van der Waals surface area contributed by atoms with E-state index in [4.69, 9.17) is 16.3 Å². The van der Waals surface area contributed by atoms with Gasteiger partial charge in [-0.25, -0.2) is 0 Å². The number of benzene rings is 3. The van der Waals surface area contributed by atoms with E-state index < -0.39 is 0 Å². The Kier molecular flexibility index (Phi) is 5.34. The fraction of sp³-hybridized carbons (Fsp3) is 0.231. The van der Waals surface area contributed by atoms with Crippen LogP contribution in [0.4, 0.5) is 0 Å². The van der Waals surface area contributed by atoms with Gasteiger partial charge in [-0.05, 0) is 36.2 Å². The number of nitrogens with zero attached hydrogens (tertiary/aromatic N) is 1. The van der Waals surface area contributed by atoms with Crippen LogP contribution in [-0.4, -0.2) is 36.2 Å². The molecule has 1 unspecified atom stereocenters. The highest BCUT2D eigenvalue weighted by atomic mass is 35.5. The molecule has 30 heavy (non-hydrogen) atoms. The molecule has 0 spiro atoms. The van der Waals surface area contributed by atoms with Crippen molar-refractivity contribution in [3.8, 4) is 11.3 Å². The first-order valence-electron chi connectivity index (χ1n) is 10.5. The van der Waals surface area contributed by atoms with E-state index in [1.807, 2.05) is 12.1 Å². The molecule has 1 aliphatic rings. The monoisotopic (exact) mass is 416 g/mol. The molecule has 3 nitrogen and oxygen atoms in total. The first-order valence-corrected chi connectivity index (χ1v) is 10.8. The number of hydrogen-bond acceptors (Lipinski definition) is 2. The smallest absolute Gasteiger partial charge is 0.0630 e. The van der Waals surface area contributed by atoms with E-state index >= 15 is 0 Å². The van der Waals surface area contributed by atoms with E-state index in [2.05, 4.69) is 77.5 Å². The van der Waals surface area contributed by atoms with Crippen LogP contribution in [0.25, 0.3) is 22.2 Å². The third-order valence-corrected chi connectivity index (χ3v) is 6.21. The van der Waals surface area contributed by atoms with Crippen LogP contribution in [0.2, 0.25) is 5.02 Å². The lowest BCUT2D eigenvalue weighted by Gasteiger charge is -2.35. The van der Waals surface area contributed by atoms with Gasteiger partial charge in [0.25, 0.3) is 0 Å². The van der Waals surface area contributed by atoms with Gasteiger partial charge in [0.05, 0.1) is 24.9 Å². The Hall–Kier alpha value is -2.59. The van der Waals surface area contributed by atoms with Gasteiger partial charge in [-0.3, -0.25) is 4.90 Å². The predicted octanol–water partition coefficient (Wildman–Crippen LogP) is 6.22. The van der Waals surface area contributed by atoms with E-state index in [0.717, 1.165) is 48.1 Å². The summed E-state index contributed by atoms with van der Waals surface area (Å²) in [5.74, 6) is 0. The minimum absolute atomic E-state index is 0.149. The molecule has 5 rings (SSSR count). The van der Waals surface area contributed by atoms with Crippen molar-refractivity contribution < 1.29 is 4.74 Å². The Balaban J connectivity index is 1.75. The van der Waals surface area contributed by atoms with Crippen molar-refractivity contribution in [2.24, 2.45) is 0 Å². The second-order valence-electron chi connectivity index (χ2n) is 7.93. The second-order valence-corrected chi connectivity index (χ2v) is 8.36. The molecule has 0 saturated carbocycles. The van der Waals surface area contributed by atoms with Crippen molar-refractivity contribution in [1.29, 1.82) is 0 Å². The average molecular weight is 417 g/mol. The van der Waals surface area contributed by atoms with Crippen molar-refractivity contribution in [3.05, 3.63) is 94.5 Å². The zero-order chi connectivity index (χ0) is 20.5. The minimum atomic E-state index is 0.149. The number of halogens is 1. The van der Waals surface area contributed by atoms with E-state index in [1.165, 1.54) is 22.1 Å². The molecular formula is C26H25ClN2O. The predicted molar refractivity (Wildman–Crippen MR) is 124 cm³/mol. The Morgan fingerprint density at radius 2 is 1.60 bits per heavy atom. The van der Waals surface area contributed by atoms with Crippen LogP contribution in [0.15, 0.2) is 72.8 Å². The summed E-state index contributed by atoms with van der Waals surface area (Å²) in [4.78, 5) is 6.24. The van der Waals surface area contributed by atoms with Crippen molar-refractivity contribution >= 4 is 22.5 Å². The number of aryl methyl sites for hydroxylation is 1. The molecule has 1 aliphatic heterocycles. The zero-order valence-electron chi connectivity index (χ0n) is 17.1.